The minimum atomic E-state index is 0.573. The van der Waals surface area contributed by atoms with E-state index >= 15 is 0 Å². The average molecular weight is 700 g/mol. The van der Waals surface area contributed by atoms with Crippen LogP contribution in [0.1, 0.15) is 5.56 Å². The molecule has 0 aliphatic rings. The van der Waals surface area contributed by atoms with E-state index in [1.165, 1.54) is 21.5 Å². The summed E-state index contributed by atoms with van der Waals surface area (Å²) in [5, 5.41) is 17.6. The monoisotopic (exact) mass is 699 g/mol. The third-order valence-corrected chi connectivity index (χ3v) is 11.1. The van der Waals surface area contributed by atoms with Gasteiger partial charge in [-0.3, -0.25) is 0 Å². The van der Waals surface area contributed by atoms with Crippen LogP contribution in [0.2, 0.25) is 0 Å². The van der Waals surface area contributed by atoms with Gasteiger partial charge in [0.05, 0.1) is 51.1 Å². The number of rotatable bonds is 4. The molecule has 0 amide bonds. The highest BCUT2D eigenvalue weighted by molar-refractivity contribution is 6.16. The van der Waals surface area contributed by atoms with Crippen LogP contribution in [-0.2, 0) is 0 Å². The highest BCUT2D eigenvalue weighted by atomic mass is 15.1. The summed E-state index contributed by atoms with van der Waals surface area (Å²) >= 11 is 0. The first kappa shape index (κ1) is 30.7. The molecule has 0 bridgehead atoms. The molecule has 0 saturated carbocycles. The topological polar surface area (TPSA) is 42.9 Å². The lowest BCUT2D eigenvalue weighted by molar-refractivity contribution is 1.13. The number of para-hydroxylation sites is 5. The van der Waals surface area contributed by atoms with Gasteiger partial charge in [0.15, 0.2) is 5.69 Å². The highest BCUT2D eigenvalue weighted by Gasteiger charge is 2.22. The maximum absolute atomic E-state index is 10.9. The van der Waals surface area contributed by atoms with E-state index < -0.39 is 0 Å². The summed E-state index contributed by atoms with van der Waals surface area (Å²) in [5.41, 5.74) is 12.2. The first-order valence-electron chi connectivity index (χ1n) is 18.3. The maximum Gasteiger partial charge on any atom is 0.197 e. The van der Waals surface area contributed by atoms with Crippen molar-refractivity contribution < 1.29 is 0 Å². The Hall–Kier alpha value is -7.86. The van der Waals surface area contributed by atoms with Crippen LogP contribution in [0.5, 0.6) is 0 Å². The zero-order valence-corrected chi connectivity index (χ0v) is 29.5. The Kier molecular flexibility index (Phi) is 6.61. The van der Waals surface area contributed by atoms with Crippen molar-refractivity contribution in [3.05, 3.63) is 193 Å². The summed E-state index contributed by atoms with van der Waals surface area (Å²) in [6.07, 6.45) is 0. The fourth-order valence-corrected chi connectivity index (χ4v) is 8.88. The van der Waals surface area contributed by atoms with Gasteiger partial charge in [-0.2, -0.15) is 5.26 Å². The number of nitriles is 1. The molecular weight excluding hydrogens is 671 g/mol. The van der Waals surface area contributed by atoms with Crippen molar-refractivity contribution in [3.8, 4) is 34.3 Å². The van der Waals surface area contributed by atoms with Crippen LogP contribution in [0, 0.1) is 17.9 Å². The lowest BCUT2D eigenvalue weighted by atomic mass is 9.98. The lowest BCUT2D eigenvalue weighted by Crippen LogP contribution is -2.01. The van der Waals surface area contributed by atoms with Crippen LogP contribution < -0.4 is 0 Å². The zero-order valence-electron chi connectivity index (χ0n) is 29.5. The molecule has 0 unspecified atom stereocenters. The van der Waals surface area contributed by atoms with E-state index in [2.05, 4.69) is 152 Å². The third kappa shape index (κ3) is 4.33. The smallest absolute Gasteiger partial charge is 0.197 e. The van der Waals surface area contributed by atoms with Crippen LogP contribution in [0.3, 0.4) is 0 Å². The molecule has 5 nitrogen and oxygen atoms in total. The molecule has 55 heavy (non-hydrogen) atoms. The first-order chi connectivity index (χ1) is 27.2. The van der Waals surface area contributed by atoms with Crippen LogP contribution >= 0.6 is 0 Å². The van der Waals surface area contributed by atoms with Crippen LogP contribution in [-0.4, -0.2) is 13.7 Å². The zero-order chi connectivity index (χ0) is 36.6. The van der Waals surface area contributed by atoms with Gasteiger partial charge < -0.3 is 13.7 Å². The molecule has 0 radical (unpaired) electrons. The summed E-state index contributed by atoms with van der Waals surface area (Å²) in [4.78, 5) is 3.86. The number of hydrogen-bond donors (Lipinski definition) is 0. The van der Waals surface area contributed by atoms with E-state index in [1.54, 1.807) is 0 Å². The van der Waals surface area contributed by atoms with E-state index in [9.17, 15) is 5.26 Å². The van der Waals surface area contributed by atoms with Gasteiger partial charge in [-0.05, 0) is 65.5 Å². The van der Waals surface area contributed by atoms with Crippen LogP contribution in [0.25, 0.3) is 98.5 Å². The molecule has 11 rings (SSSR count). The Labute approximate surface area is 316 Å². The summed E-state index contributed by atoms with van der Waals surface area (Å²) in [7, 11) is 0. The molecule has 0 N–H and O–H groups in total. The van der Waals surface area contributed by atoms with Gasteiger partial charge >= 0.3 is 0 Å². The predicted octanol–water partition coefficient (Wildman–Crippen LogP) is 13.1. The van der Waals surface area contributed by atoms with E-state index in [4.69, 9.17) is 6.57 Å². The van der Waals surface area contributed by atoms with Crippen molar-refractivity contribution >= 4 is 71.1 Å². The third-order valence-electron chi connectivity index (χ3n) is 11.1. The van der Waals surface area contributed by atoms with Gasteiger partial charge in [0.2, 0.25) is 0 Å². The van der Waals surface area contributed by atoms with Crippen molar-refractivity contribution in [1.82, 2.24) is 13.7 Å². The molecule has 8 aromatic carbocycles. The molecule has 0 aliphatic heterocycles. The number of benzene rings is 8. The van der Waals surface area contributed by atoms with Gasteiger partial charge in [-0.1, -0.05) is 121 Å². The standard InChI is InChI=1S/C50H29N5/c1-52-41-22-13-28-47-49(41)39-19-5-9-26-45(39)54(47)46-27-11-20-34(40(46)31-51)32-14-10-15-33(30-32)53-42-23-6-4-18-37(42)38-21-12-29-48(50(38)53)55-43-24-7-2-16-35(43)36-17-3-8-25-44(36)55/h2-30H. The fraction of sp³-hybridized carbons (Fsp3) is 0. The highest BCUT2D eigenvalue weighted by Crippen LogP contribution is 2.42. The van der Waals surface area contributed by atoms with Crippen molar-refractivity contribution in [1.29, 1.82) is 5.26 Å². The van der Waals surface area contributed by atoms with Crippen LogP contribution in [0.15, 0.2) is 176 Å². The Morgan fingerprint density at radius 3 is 1.65 bits per heavy atom. The summed E-state index contributed by atoms with van der Waals surface area (Å²) in [6.45, 7) is 7.90. The van der Waals surface area contributed by atoms with E-state index in [0.29, 0.717) is 11.3 Å². The molecule has 0 aliphatic carbocycles. The Morgan fingerprint density at radius 2 is 0.964 bits per heavy atom. The number of fused-ring (bicyclic) bond motifs is 9. The van der Waals surface area contributed by atoms with Crippen LogP contribution in [0.4, 0.5) is 5.69 Å². The summed E-state index contributed by atoms with van der Waals surface area (Å²) in [5.74, 6) is 0. The number of hydrogen-bond acceptors (Lipinski definition) is 1. The summed E-state index contributed by atoms with van der Waals surface area (Å²) in [6, 6.07) is 63.6. The SMILES string of the molecule is [C-]#[N+]c1cccc2c1c1ccccc1n2-c1cccc(-c2cccc(-n3c4ccccc4c4cccc(-n5c6ccccc6c6ccccc65)c43)c2)c1C#N. The van der Waals surface area contributed by atoms with Gasteiger partial charge in [0, 0.05) is 43.7 Å². The predicted molar refractivity (Wildman–Crippen MR) is 226 cm³/mol. The molecular formula is C50H29N5. The van der Waals surface area contributed by atoms with E-state index in [1.807, 2.05) is 48.5 Å². The second kappa shape index (κ2) is 11.8. The number of aromatic nitrogens is 3. The second-order valence-electron chi connectivity index (χ2n) is 13.9. The average Bonchev–Trinajstić information content (AvgIpc) is 3.89. The number of nitrogens with zero attached hydrogens (tertiary/aromatic N) is 5. The Balaban J connectivity index is 1.17. The molecule has 3 aromatic heterocycles. The molecule has 11 aromatic rings. The Bertz CT molecular complexity index is 3420. The maximum atomic E-state index is 10.9. The minimum absolute atomic E-state index is 0.573. The fourth-order valence-electron chi connectivity index (χ4n) is 8.88. The van der Waals surface area contributed by atoms with Crippen molar-refractivity contribution in [3.63, 3.8) is 0 Å². The van der Waals surface area contributed by atoms with Gasteiger partial charge in [0.1, 0.15) is 6.07 Å². The van der Waals surface area contributed by atoms with Gasteiger partial charge in [-0.25, -0.2) is 4.85 Å². The van der Waals surface area contributed by atoms with Crippen molar-refractivity contribution in [2.24, 2.45) is 0 Å². The summed E-state index contributed by atoms with van der Waals surface area (Å²) < 4.78 is 6.91. The largest absolute Gasteiger partial charge is 0.309 e. The first-order valence-corrected chi connectivity index (χ1v) is 18.3. The van der Waals surface area contributed by atoms with Crippen molar-refractivity contribution in [2.45, 2.75) is 0 Å². The molecule has 0 saturated heterocycles. The van der Waals surface area contributed by atoms with Crippen molar-refractivity contribution in [2.75, 3.05) is 0 Å². The lowest BCUT2D eigenvalue weighted by Gasteiger charge is -2.16. The molecule has 3 heterocycles. The van der Waals surface area contributed by atoms with E-state index in [-0.39, 0.29) is 0 Å². The Morgan fingerprint density at radius 1 is 0.455 bits per heavy atom. The molecule has 0 spiro atoms. The molecule has 0 atom stereocenters. The second-order valence-corrected chi connectivity index (χ2v) is 13.9. The molecule has 5 heteroatoms. The van der Waals surface area contributed by atoms with Gasteiger partial charge in [0.25, 0.3) is 0 Å². The molecule has 0 fully saturated rings. The molecule has 254 valence electrons. The van der Waals surface area contributed by atoms with Gasteiger partial charge in [-0.15, -0.1) is 0 Å². The van der Waals surface area contributed by atoms with E-state index in [0.717, 1.165) is 72.1 Å². The minimum Gasteiger partial charge on any atom is -0.309 e. The quantitative estimate of drug-likeness (QED) is 0.169. The normalized spacial score (nSPS) is 11.6.